The molecule has 0 unspecified atom stereocenters. The molecule has 1 amide bonds. The predicted molar refractivity (Wildman–Crippen MR) is 116 cm³/mol. The van der Waals surface area contributed by atoms with E-state index < -0.39 is 0 Å². The first-order valence-electron chi connectivity index (χ1n) is 9.71. The van der Waals surface area contributed by atoms with Crippen LogP contribution in [-0.4, -0.2) is 25.5 Å². The van der Waals surface area contributed by atoms with E-state index in [1.54, 1.807) is 50.2 Å². The van der Waals surface area contributed by atoms with E-state index in [0.717, 1.165) is 11.1 Å². The van der Waals surface area contributed by atoms with Gasteiger partial charge in [-0.15, -0.1) is 0 Å². The number of hydrogen-bond acceptors (Lipinski definition) is 5. The molecule has 8 nitrogen and oxygen atoms in total. The number of nitriles is 1. The van der Waals surface area contributed by atoms with Crippen molar-refractivity contribution in [3.05, 3.63) is 92.4 Å². The molecule has 0 aliphatic heterocycles. The number of aromatic amines is 1. The molecule has 4 aromatic rings. The molecule has 31 heavy (non-hydrogen) atoms. The summed E-state index contributed by atoms with van der Waals surface area (Å²) in [5.41, 5.74) is 3.72. The lowest BCUT2D eigenvalue weighted by Crippen LogP contribution is -2.31. The minimum Gasteiger partial charge on any atom is -0.272 e. The van der Waals surface area contributed by atoms with E-state index in [2.05, 4.69) is 21.1 Å². The van der Waals surface area contributed by atoms with Crippen molar-refractivity contribution in [2.45, 2.75) is 27.3 Å². The molecule has 0 aliphatic carbocycles. The predicted octanol–water partition coefficient (Wildman–Crippen LogP) is 3.06. The monoisotopic (exact) mass is 412 g/mol. The van der Waals surface area contributed by atoms with Crippen molar-refractivity contribution in [3.63, 3.8) is 0 Å². The third kappa shape index (κ3) is 3.81. The number of rotatable bonds is 4. The topological polar surface area (TPSA) is 107 Å². The number of aryl methyl sites for hydroxylation is 2. The van der Waals surface area contributed by atoms with Gasteiger partial charge in [-0.05, 0) is 50.6 Å². The molecule has 0 bridgehead atoms. The van der Waals surface area contributed by atoms with Crippen LogP contribution in [0.1, 0.15) is 38.3 Å². The molecule has 0 radical (unpaired) electrons. The van der Waals surface area contributed by atoms with Gasteiger partial charge in [-0.25, -0.2) is 4.98 Å². The Bertz CT molecular complexity index is 1380. The van der Waals surface area contributed by atoms with E-state index in [1.807, 2.05) is 19.1 Å². The molecule has 2 heterocycles. The second-order valence-electron chi connectivity index (χ2n) is 7.38. The van der Waals surface area contributed by atoms with Gasteiger partial charge in [-0.1, -0.05) is 29.8 Å². The van der Waals surface area contributed by atoms with Gasteiger partial charge >= 0.3 is 0 Å². The van der Waals surface area contributed by atoms with Gasteiger partial charge in [-0.3, -0.25) is 19.6 Å². The Kier molecular flexibility index (Phi) is 5.09. The summed E-state index contributed by atoms with van der Waals surface area (Å²) in [6.07, 6.45) is 0. The van der Waals surface area contributed by atoms with Crippen molar-refractivity contribution >= 4 is 17.6 Å². The number of carbonyl (C=O) groups is 1. The summed E-state index contributed by atoms with van der Waals surface area (Å²) in [6, 6.07) is 16.3. The SMILES string of the molecule is Cc1ccc(C(=O)N(Cc2ccc(C#N)cc2)c2nc3nc(C)c(C)c(=O)n3[nH]2)cc1. The first-order chi connectivity index (χ1) is 14.9. The summed E-state index contributed by atoms with van der Waals surface area (Å²) < 4.78 is 1.24. The summed E-state index contributed by atoms with van der Waals surface area (Å²) in [4.78, 5) is 36.2. The fraction of sp³-hybridized carbons (Fsp3) is 0.174. The van der Waals surface area contributed by atoms with Gasteiger partial charge in [0.2, 0.25) is 5.95 Å². The molecule has 0 aliphatic rings. The number of anilines is 1. The Morgan fingerprint density at radius 1 is 1.06 bits per heavy atom. The van der Waals surface area contributed by atoms with Gasteiger partial charge in [0.05, 0.1) is 18.2 Å². The highest BCUT2D eigenvalue weighted by Gasteiger charge is 2.23. The van der Waals surface area contributed by atoms with Crippen molar-refractivity contribution in [1.82, 2.24) is 19.6 Å². The Hall–Kier alpha value is -4.25. The standard InChI is InChI=1S/C23H20N6O2/c1-14-4-10-19(11-5-14)21(31)28(13-18-8-6-17(12-24)7-9-18)23-26-22-25-16(3)15(2)20(30)29(22)27-23/h4-11H,13H2,1-3H3,(H,25,26,27). The highest BCUT2D eigenvalue weighted by Crippen LogP contribution is 2.18. The summed E-state index contributed by atoms with van der Waals surface area (Å²) in [5, 5.41) is 12.0. The maximum atomic E-state index is 13.4. The van der Waals surface area contributed by atoms with E-state index in [9.17, 15) is 9.59 Å². The Labute approximate surface area is 178 Å². The normalized spacial score (nSPS) is 10.8. The molecule has 0 saturated heterocycles. The highest BCUT2D eigenvalue weighted by atomic mass is 16.2. The number of aromatic nitrogens is 4. The summed E-state index contributed by atoms with van der Waals surface area (Å²) in [7, 11) is 0. The van der Waals surface area contributed by atoms with Crippen molar-refractivity contribution in [2.75, 3.05) is 4.90 Å². The quantitative estimate of drug-likeness (QED) is 0.554. The van der Waals surface area contributed by atoms with E-state index in [-0.39, 0.29) is 29.7 Å². The molecule has 1 N–H and O–H groups in total. The Morgan fingerprint density at radius 2 is 1.74 bits per heavy atom. The second kappa shape index (κ2) is 7.88. The molecular formula is C23H20N6O2. The van der Waals surface area contributed by atoms with Gasteiger partial charge in [0.1, 0.15) is 0 Å². The first-order valence-corrected chi connectivity index (χ1v) is 9.71. The third-order valence-electron chi connectivity index (χ3n) is 5.18. The lowest BCUT2D eigenvalue weighted by atomic mass is 10.1. The van der Waals surface area contributed by atoms with Crippen molar-refractivity contribution < 1.29 is 4.79 Å². The van der Waals surface area contributed by atoms with Gasteiger partial charge in [0.25, 0.3) is 17.2 Å². The second-order valence-corrected chi connectivity index (χ2v) is 7.38. The zero-order valence-electron chi connectivity index (χ0n) is 17.4. The zero-order chi connectivity index (χ0) is 22.1. The Balaban J connectivity index is 1.81. The number of H-pyrrole nitrogens is 1. The average molecular weight is 412 g/mol. The molecule has 2 aromatic heterocycles. The molecule has 0 spiro atoms. The van der Waals surface area contributed by atoms with Crippen LogP contribution in [0.2, 0.25) is 0 Å². The smallest absolute Gasteiger partial charge is 0.272 e. The maximum absolute atomic E-state index is 13.4. The van der Waals surface area contributed by atoms with Crippen LogP contribution in [0.4, 0.5) is 5.95 Å². The molecule has 2 aromatic carbocycles. The Morgan fingerprint density at radius 3 is 2.39 bits per heavy atom. The van der Waals surface area contributed by atoms with Crippen molar-refractivity contribution in [3.8, 4) is 6.07 Å². The van der Waals surface area contributed by atoms with Gasteiger partial charge in [0.15, 0.2) is 0 Å². The van der Waals surface area contributed by atoms with Gasteiger partial charge in [0, 0.05) is 16.8 Å². The van der Waals surface area contributed by atoms with E-state index in [1.165, 1.54) is 9.42 Å². The maximum Gasteiger partial charge on any atom is 0.277 e. The van der Waals surface area contributed by atoms with Crippen LogP contribution in [0, 0.1) is 32.1 Å². The minimum absolute atomic E-state index is 0.199. The summed E-state index contributed by atoms with van der Waals surface area (Å²) in [5.74, 6) is 0.138. The summed E-state index contributed by atoms with van der Waals surface area (Å²) in [6.45, 7) is 5.59. The molecule has 0 saturated carbocycles. The van der Waals surface area contributed by atoms with Gasteiger partial charge < -0.3 is 0 Å². The summed E-state index contributed by atoms with van der Waals surface area (Å²) >= 11 is 0. The minimum atomic E-state index is -0.273. The highest BCUT2D eigenvalue weighted by molar-refractivity contribution is 6.05. The van der Waals surface area contributed by atoms with E-state index >= 15 is 0 Å². The van der Waals surface area contributed by atoms with E-state index in [0.29, 0.717) is 22.4 Å². The van der Waals surface area contributed by atoms with Crippen molar-refractivity contribution in [1.29, 1.82) is 5.26 Å². The number of nitrogens with one attached hydrogen (secondary N) is 1. The van der Waals surface area contributed by atoms with Crippen molar-refractivity contribution in [2.24, 2.45) is 0 Å². The van der Waals surface area contributed by atoms with Crippen LogP contribution in [0.5, 0.6) is 0 Å². The van der Waals surface area contributed by atoms with Crippen LogP contribution in [-0.2, 0) is 6.54 Å². The molecule has 0 fully saturated rings. The fourth-order valence-corrected chi connectivity index (χ4v) is 3.18. The number of benzene rings is 2. The van der Waals surface area contributed by atoms with Crippen LogP contribution < -0.4 is 10.5 Å². The van der Waals surface area contributed by atoms with Crippen LogP contribution in [0.3, 0.4) is 0 Å². The van der Waals surface area contributed by atoms with E-state index in [4.69, 9.17) is 5.26 Å². The fourth-order valence-electron chi connectivity index (χ4n) is 3.18. The molecule has 154 valence electrons. The lowest BCUT2D eigenvalue weighted by Gasteiger charge is -2.20. The molecule has 4 rings (SSSR count). The molecule has 8 heteroatoms. The molecule has 0 atom stereocenters. The number of nitrogens with zero attached hydrogens (tertiary/aromatic N) is 5. The van der Waals surface area contributed by atoms with Crippen LogP contribution in [0.25, 0.3) is 5.78 Å². The lowest BCUT2D eigenvalue weighted by molar-refractivity contribution is 0.0983. The third-order valence-corrected chi connectivity index (χ3v) is 5.18. The number of amides is 1. The largest absolute Gasteiger partial charge is 0.277 e. The van der Waals surface area contributed by atoms with Crippen LogP contribution >= 0.6 is 0 Å². The van der Waals surface area contributed by atoms with Gasteiger partial charge in [-0.2, -0.15) is 14.8 Å². The number of hydrogen-bond donors (Lipinski definition) is 1. The number of fused-ring (bicyclic) bond motifs is 1. The average Bonchev–Trinajstić information content (AvgIpc) is 3.20. The first kappa shape index (κ1) is 20.0. The zero-order valence-corrected chi connectivity index (χ0v) is 17.4. The molecular weight excluding hydrogens is 392 g/mol. The number of carbonyl (C=O) groups excluding carboxylic acids is 1. The van der Waals surface area contributed by atoms with Crippen LogP contribution in [0.15, 0.2) is 53.3 Å².